The van der Waals surface area contributed by atoms with Crippen molar-refractivity contribution in [1.29, 1.82) is 0 Å². The third-order valence-corrected chi connectivity index (χ3v) is 2.31. The summed E-state index contributed by atoms with van der Waals surface area (Å²) in [5.41, 5.74) is -1.27. The molecule has 17 heavy (non-hydrogen) atoms. The number of halogens is 3. The van der Waals surface area contributed by atoms with Crippen LogP contribution in [-0.4, -0.2) is 28.6 Å². The molecule has 0 bridgehead atoms. The van der Waals surface area contributed by atoms with Crippen LogP contribution in [0.3, 0.4) is 0 Å². The lowest BCUT2D eigenvalue weighted by Crippen LogP contribution is -2.12. The highest BCUT2D eigenvalue weighted by molar-refractivity contribution is 7.97. The van der Waals surface area contributed by atoms with Crippen LogP contribution in [0.15, 0.2) is 6.07 Å². The summed E-state index contributed by atoms with van der Waals surface area (Å²) in [5, 5.41) is 3.34. The Balaban J connectivity index is 3.09. The Kier molecular flexibility index (Phi) is 4.44. The van der Waals surface area contributed by atoms with Crippen LogP contribution in [0.5, 0.6) is 0 Å². The fourth-order valence-corrected chi connectivity index (χ4v) is 1.59. The Morgan fingerprint density at radius 2 is 2.24 bits per heavy atom. The maximum atomic E-state index is 12.4. The zero-order valence-corrected chi connectivity index (χ0v) is 10.1. The predicted molar refractivity (Wildman–Crippen MR) is 56.7 cm³/mol. The molecule has 0 atom stereocenters. The minimum Gasteiger partial charge on any atom is -0.461 e. The van der Waals surface area contributed by atoms with Crippen LogP contribution in [-0.2, 0) is 16.8 Å². The molecule has 8 heteroatoms. The van der Waals surface area contributed by atoms with Crippen molar-refractivity contribution in [3.05, 3.63) is 17.5 Å². The third kappa shape index (κ3) is 3.39. The van der Waals surface area contributed by atoms with E-state index in [9.17, 15) is 18.0 Å². The van der Waals surface area contributed by atoms with E-state index in [1.54, 1.807) is 13.2 Å². The number of rotatable bonds is 4. The Bertz CT molecular complexity index is 403. The van der Waals surface area contributed by atoms with Crippen LogP contribution in [0.4, 0.5) is 13.2 Å². The van der Waals surface area contributed by atoms with Crippen LogP contribution < -0.4 is 0 Å². The summed E-state index contributed by atoms with van der Waals surface area (Å²) in [7, 11) is 0. The molecule has 0 aliphatic rings. The molecule has 0 saturated heterocycles. The zero-order valence-electron chi connectivity index (χ0n) is 9.24. The van der Waals surface area contributed by atoms with Crippen molar-refractivity contribution in [3.8, 4) is 0 Å². The molecule has 96 valence electrons. The molecule has 1 heterocycles. The third-order valence-electron chi connectivity index (χ3n) is 1.81. The molecular formula is C9H11F3N2O2S. The smallest absolute Gasteiger partial charge is 0.435 e. The number of ether oxygens (including phenoxy) is 1. The first-order chi connectivity index (χ1) is 7.90. The number of esters is 1. The number of hydrogen-bond donors (Lipinski definition) is 0. The van der Waals surface area contributed by atoms with Crippen molar-refractivity contribution in [1.82, 2.24) is 9.78 Å². The van der Waals surface area contributed by atoms with Crippen molar-refractivity contribution in [2.75, 3.05) is 12.9 Å². The summed E-state index contributed by atoms with van der Waals surface area (Å²) in [4.78, 5) is 11.4. The first-order valence-corrected chi connectivity index (χ1v) is 6.10. The Morgan fingerprint density at radius 3 is 2.71 bits per heavy atom. The van der Waals surface area contributed by atoms with Gasteiger partial charge in [-0.1, -0.05) is 0 Å². The molecule has 0 N–H and O–H groups in total. The van der Waals surface area contributed by atoms with E-state index in [-0.39, 0.29) is 18.2 Å². The number of thioether (sulfide) groups is 1. The first kappa shape index (κ1) is 13.9. The zero-order chi connectivity index (χ0) is 13.1. The topological polar surface area (TPSA) is 44.1 Å². The molecule has 0 aromatic carbocycles. The van der Waals surface area contributed by atoms with Gasteiger partial charge in [0.05, 0.1) is 12.5 Å². The highest BCUT2D eigenvalue weighted by Gasteiger charge is 2.36. The van der Waals surface area contributed by atoms with Crippen LogP contribution >= 0.6 is 11.8 Å². The number of carbonyl (C=O) groups is 1. The highest BCUT2D eigenvalue weighted by atomic mass is 32.2. The van der Waals surface area contributed by atoms with E-state index in [4.69, 9.17) is 0 Å². The monoisotopic (exact) mass is 268 g/mol. The average molecular weight is 268 g/mol. The van der Waals surface area contributed by atoms with Crippen LogP contribution in [0.2, 0.25) is 0 Å². The Morgan fingerprint density at radius 1 is 1.59 bits per heavy atom. The second kappa shape index (κ2) is 5.44. The standard InChI is InChI=1S/C9H11F3N2O2S/c1-3-16-8(15)6-4-7(9(10,11)12)13-14(6)5-17-2/h4H,3,5H2,1-2H3. The lowest BCUT2D eigenvalue weighted by Gasteiger charge is -2.04. The van der Waals surface area contributed by atoms with Crippen molar-refractivity contribution in [2.24, 2.45) is 0 Å². The summed E-state index contributed by atoms with van der Waals surface area (Å²) in [5.74, 6) is -0.644. The van der Waals surface area contributed by atoms with Gasteiger partial charge in [0.1, 0.15) is 5.69 Å². The van der Waals surface area contributed by atoms with E-state index in [0.717, 1.165) is 4.68 Å². The number of alkyl halides is 3. The van der Waals surface area contributed by atoms with Gasteiger partial charge in [-0.2, -0.15) is 18.3 Å². The number of aromatic nitrogens is 2. The molecular weight excluding hydrogens is 257 g/mol. The van der Waals surface area contributed by atoms with Gasteiger partial charge >= 0.3 is 12.1 Å². The molecule has 4 nitrogen and oxygen atoms in total. The SMILES string of the molecule is CCOC(=O)c1cc(C(F)(F)F)nn1CSC. The summed E-state index contributed by atoms with van der Waals surface area (Å²) in [6, 6.07) is 0.703. The average Bonchev–Trinajstić information content (AvgIpc) is 2.62. The molecule has 0 spiro atoms. The van der Waals surface area contributed by atoms with Crippen LogP contribution in [0, 0.1) is 0 Å². The van der Waals surface area contributed by atoms with Crippen molar-refractivity contribution in [3.63, 3.8) is 0 Å². The second-order valence-electron chi connectivity index (χ2n) is 3.05. The number of hydrogen-bond acceptors (Lipinski definition) is 4. The molecule has 0 aliphatic carbocycles. The van der Waals surface area contributed by atoms with Crippen molar-refractivity contribution < 1.29 is 22.7 Å². The summed E-state index contributed by atoms with van der Waals surface area (Å²) >= 11 is 1.25. The molecule has 0 fully saturated rings. The lowest BCUT2D eigenvalue weighted by molar-refractivity contribution is -0.141. The minimum atomic E-state index is -4.56. The van der Waals surface area contributed by atoms with Crippen LogP contribution in [0.25, 0.3) is 0 Å². The van der Waals surface area contributed by atoms with E-state index in [1.807, 2.05) is 0 Å². The van der Waals surface area contributed by atoms with E-state index in [1.165, 1.54) is 11.8 Å². The lowest BCUT2D eigenvalue weighted by atomic mass is 10.3. The molecule has 0 amide bonds. The molecule has 1 aromatic rings. The van der Waals surface area contributed by atoms with E-state index in [2.05, 4.69) is 9.84 Å². The predicted octanol–water partition coefficient (Wildman–Crippen LogP) is 2.40. The van der Waals surface area contributed by atoms with Crippen LogP contribution in [0.1, 0.15) is 23.1 Å². The molecule has 1 rings (SSSR count). The molecule has 1 aromatic heterocycles. The maximum Gasteiger partial charge on any atom is 0.435 e. The summed E-state index contributed by atoms with van der Waals surface area (Å²) in [6.45, 7) is 1.68. The van der Waals surface area contributed by atoms with Gasteiger partial charge < -0.3 is 4.74 Å². The van der Waals surface area contributed by atoms with Crippen molar-refractivity contribution >= 4 is 17.7 Å². The molecule has 0 radical (unpaired) electrons. The fraction of sp³-hybridized carbons (Fsp3) is 0.556. The van der Waals surface area contributed by atoms with Gasteiger partial charge in [0.2, 0.25) is 0 Å². The Hall–Kier alpha value is -1.18. The molecule has 0 aliphatic heterocycles. The van der Waals surface area contributed by atoms with E-state index in [0.29, 0.717) is 6.07 Å². The summed E-state index contributed by atoms with van der Waals surface area (Å²) < 4.78 is 43.0. The van der Waals surface area contributed by atoms with E-state index < -0.39 is 17.8 Å². The Labute approximate surface area is 100 Å². The molecule has 0 unspecified atom stereocenters. The van der Waals surface area contributed by atoms with Crippen molar-refractivity contribution in [2.45, 2.75) is 19.0 Å². The minimum absolute atomic E-state index is 0.102. The van der Waals surface area contributed by atoms with Gasteiger partial charge in [-0.05, 0) is 13.2 Å². The van der Waals surface area contributed by atoms with Gasteiger partial charge in [0.25, 0.3) is 0 Å². The largest absolute Gasteiger partial charge is 0.461 e. The number of carbonyl (C=O) groups excluding carboxylic acids is 1. The molecule has 0 saturated carbocycles. The van der Waals surface area contributed by atoms with Gasteiger partial charge in [-0.3, -0.25) is 0 Å². The van der Waals surface area contributed by atoms with Gasteiger partial charge in [0, 0.05) is 6.07 Å². The number of nitrogens with zero attached hydrogens (tertiary/aromatic N) is 2. The normalized spacial score (nSPS) is 11.6. The van der Waals surface area contributed by atoms with Gasteiger partial charge in [-0.15, -0.1) is 11.8 Å². The fourth-order valence-electron chi connectivity index (χ4n) is 1.15. The first-order valence-electron chi connectivity index (χ1n) is 4.71. The van der Waals surface area contributed by atoms with E-state index >= 15 is 0 Å². The van der Waals surface area contributed by atoms with Gasteiger partial charge in [-0.25, -0.2) is 9.48 Å². The highest BCUT2D eigenvalue weighted by Crippen LogP contribution is 2.29. The maximum absolute atomic E-state index is 12.4. The second-order valence-corrected chi connectivity index (χ2v) is 3.89. The van der Waals surface area contributed by atoms with Gasteiger partial charge in [0.15, 0.2) is 5.69 Å². The quantitative estimate of drug-likeness (QED) is 0.786. The summed E-state index contributed by atoms with van der Waals surface area (Å²) in [6.07, 6.45) is -2.87.